The number of rotatable bonds is 2. The molecule has 1 aromatic rings. The van der Waals surface area contributed by atoms with Crippen LogP contribution in [0.4, 0.5) is 13.2 Å². The zero-order valence-electron chi connectivity index (χ0n) is 11.1. The fraction of sp³-hybridized carbons (Fsp3) is 0.571. The Morgan fingerprint density at radius 3 is 2.65 bits per heavy atom. The first-order valence-corrected chi connectivity index (χ1v) is 6.60. The van der Waals surface area contributed by atoms with Crippen molar-refractivity contribution >= 4 is 5.97 Å². The van der Waals surface area contributed by atoms with Crippen molar-refractivity contribution in [2.75, 3.05) is 0 Å². The standard InChI is InChI=1S/C14H16F3NO2/c1-9-3-2-4-11(7-9)20-13(19)10-5-6-12(18-8-10)14(15,16)17/h5-6,8-9,11H,2-4,7H2,1H3. The summed E-state index contributed by atoms with van der Waals surface area (Å²) in [6.07, 6.45) is 0.0107. The van der Waals surface area contributed by atoms with Gasteiger partial charge in [0.05, 0.1) is 5.56 Å². The molecule has 1 heterocycles. The lowest BCUT2D eigenvalue weighted by atomic mass is 9.89. The van der Waals surface area contributed by atoms with Gasteiger partial charge in [0, 0.05) is 6.20 Å². The van der Waals surface area contributed by atoms with Crippen molar-refractivity contribution in [3.63, 3.8) is 0 Å². The van der Waals surface area contributed by atoms with Crippen LogP contribution in [0, 0.1) is 5.92 Å². The Labute approximate surface area is 115 Å². The van der Waals surface area contributed by atoms with Crippen LogP contribution in [-0.4, -0.2) is 17.1 Å². The topological polar surface area (TPSA) is 39.2 Å². The first-order valence-electron chi connectivity index (χ1n) is 6.60. The molecule has 3 nitrogen and oxygen atoms in total. The summed E-state index contributed by atoms with van der Waals surface area (Å²) < 4.78 is 42.4. The van der Waals surface area contributed by atoms with E-state index in [9.17, 15) is 18.0 Å². The van der Waals surface area contributed by atoms with E-state index >= 15 is 0 Å². The summed E-state index contributed by atoms with van der Waals surface area (Å²) in [5.74, 6) is -0.0994. The minimum Gasteiger partial charge on any atom is -0.459 e. The normalized spacial score (nSPS) is 23.4. The number of halogens is 3. The second kappa shape index (κ2) is 5.81. The van der Waals surface area contributed by atoms with E-state index in [1.165, 1.54) is 0 Å². The Kier molecular flexibility index (Phi) is 4.30. The number of nitrogens with zero attached hydrogens (tertiary/aromatic N) is 1. The molecule has 0 bridgehead atoms. The van der Waals surface area contributed by atoms with E-state index in [-0.39, 0.29) is 11.7 Å². The van der Waals surface area contributed by atoms with Crippen molar-refractivity contribution in [1.29, 1.82) is 0 Å². The van der Waals surface area contributed by atoms with Crippen molar-refractivity contribution in [3.05, 3.63) is 29.6 Å². The second-order valence-electron chi connectivity index (χ2n) is 5.23. The van der Waals surface area contributed by atoms with Crippen molar-refractivity contribution in [2.45, 2.75) is 44.9 Å². The molecule has 2 unspecified atom stereocenters. The molecule has 1 aliphatic carbocycles. The van der Waals surface area contributed by atoms with E-state index in [4.69, 9.17) is 4.74 Å². The lowest BCUT2D eigenvalue weighted by Gasteiger charge is -2.26. The zero-order chi connectivity index (χ0) is 14.8. The van der Waals surface area contributed by atoms with E-state index in [1.807, 2.05) is 0 Å². The predicted molar refractivity (Wildman–Crippen MR) is 66.1 cm³/mol. The van der Waals surface area contributed by atoms with E-state index in [0.717, 1.165) is 44.0 Å². The number of alkyl halides is 3. The highest BCUT2D eigenvalue weighted by Gasteiger charge is 2.32. The first-order chi connectivity index (χ1) is 9.36. The fourth-order valence-electron chi connectivity index (χ4n) is 2.39. The number of aromatic nitrogens is 1. The molecule has 1 saturated carbocycles. The second-order valence-corrected chi connectivity index (χ2v) is 5.23. The van der Waals surface area contributed by atoms with Gasteiger partial charge in [-0.3, -0.25) is 4.98 Å². The molecule has 0 saturated heterocycles. The van der Waals surface area contributed by atoms with Gasteiger partial charge in [0.25, 0.3) is 0 Å². The molecule has 6 heteroatoms. The number of esters is 1. The van der Waals surface area contributed by atoms with Crippen molar-refractivity contribution in [1.82, 2.24) is 4.98 Å². The van der Waals surface area contributed by atoms with Gasteiger partial charge >= 0.3 is 12.1 Å². The average molecular weight is 287 g/mol. The van der Waals surface area contributed by atoms with Crippen molar-refractivity contribution in [3.8, 4) is 0 Å². The van der Waals surface area contributed by atoms with Gasteiger partial charge in [0.1, 0.15) is 11.8 Å². The van der Waals surface area contributed by atoms with Crippen LogP contribution in [0.15, 0.2) is 18.3 Å². The molecule has 0 aromatic carbocycles. The molecule has 2 rings (SSSR count). The van der Waals surface area contributed by atoms with Crippen LogP contribution in [0.25, 0.3) is 0 Å². The quantitative estimate of drug-likeness (QED) is 0.776. The van der Waals surface area contributed by atoms with E-state index in [2.05, 4.69) is 11.9 Å². The molecule has 1 aromatic heterocycles. The van der Waals surface area contributed by atoms with E-state index in [0.29, 0.717) is 5.92 Å². The summed E-state index contributed by atoms with van der Waals surface area (Å²) in [7, 11) is 0. The molecule has 20 heavy (non-hydrogen) atoms. The van der Waals surface area contributed by atoms with E-state index < -0.39 is 17.8 Å². The Morgan fingerprint density at radius 2 is 2.10 bits per heavy atom. The summed E-state index contributed by atoms with van der Waals surface area (Å²) in [6, 6.07) is 1.89. The first kappa shape index (κ1) is 14.8. The summed E-state index contributed by atoms with van der Waals surface area (Å²) in [4.78, 5) is 15.1. The maximum atomic E-state index is 12.4. The summed E-state index contributed by atoms with van der Waals surface area (Å²) in [6.45, 7) is 2.10. The molecule has 0 aliphatic heterocycles. The largest absolute Gasteiger partial charge is 0.459 e. The lowest BCUT2D eigenvalue weighted by molar-refractivity contribution is -0.141. The zero-order valence-corrected chi connectivity index (χ0v) is 11.1. The smallest absolute Gasteiger partial charge is 0.433 e. The highest BCUT2D eigenvalue weighted by atomic mass is 19.4. The van der Waals surface area contributed by atoms with Gasteiger partial charge in [-0.05, 0) is 37.3 Å². The van der Waals surface area contributed by atoms with Crippen LogP contribution in [0.1, 0.15) is 48.7 Å². The molecular weight excluding hydrogens is 271 g/mol. The van der Waals surface area contributed by atoms with Gasteiger partial charge in [-0.2, -0.15) is 13.2 Å². The SMILES string of the molecule is CC1CCCC(OC(=O)c2ccc(C(F)(F)F)nc2)C1. The summed E-state index contributed by atoms with van der Waals surface area (Å²) >= 11 is 0. The number of hydrogen-bond acceptors (Lipinski definition) is 3. The predicted octanol–water partition coefficient (Wildman–Crippen LogP) is 3.84. The fourth-order valence-corrected chi connectivity index (χ4v) is 2.39. The molecule has 0 spiro atoms. The molecule has 0 N–H and O–H groups in total. The summed E-state index contributed by atoms with van der Waals surface area (Å²) in [5, 5.41) is 0. The highest BCUT2D eigenvalue weighted by molar-refractivity contribution is 5.89. The van der Waals surface area contributed by atoms with Gasteiger partial charge in [0.2, 0.25) is 0 Å². The van der Waals surface area contributed by atoms with Crippen LogP contribution < -0.4 is 0 Å². The molecule has 0 amide bonds. The molecular formula is C14H16F3NO2. The summed E-state index contributed by atoms with van der Waals surface area (Å²) in [5.41, 5.74) is -0.962. The van der Waals surface area contributed by atoms with Gasteiger partial charge in [-0.15, -0.1) is 0 Å². The number of carbonyl (C=O) groups is 1. The molecule has 0 radical (unpaired) electrons. The van der Waals surface area contributed by atoms with Crippen LogP contribution in [0.5, 0.6) is 0 Å². The van der Waals surface area contributed by atoms with Crippen LogP contribution >= 0.6 is 0 Å². The maximum absolute atomic E-state index is 12.4. The molecule has 2 atom stereocenters. The third-order valence-electron chi connectivity index (χ3n) is 3.45. The molecule has 110 valence electrons. The third kappa shape index (κ3) is 3.71. The average Bonchev–Trinajstić information content (AvgIpc) is 2.38. The number of carbonyl (C=O) groups excluding carboxylic acids is 1. The molecule has 1 aliphatic rings. The van der Waals surface area contributed by atoms with Crippen LogP contribution in [0.2, 0.25) is 0 Å². The van der Waals surface area contributed by atoms with Gasteiger partial charge in [-0.1, -0.05) is 13.3 Å². The Bertz CT molecular complexity index is 470. The number of ether oxygens (including phenoxy) is 1. The van der Waals surface area contributed by atoms with Gasteiger partial charge < -0.3 is 4.74 Å². The number of pyridine rings is 1. The van der Waals surface area contributed by atoms with Crippen molar-refractivity contribution < 1.29 is 22.7 Å². The minimum absolute atomic E-state index is 0.0521. The van der Waals surface area contributed by atoms with Crippen molar-refractivity contribution in [2.24, 2.45) is 5.92 Å². The van der Waals surface area contributed by atoms with Crippen LogP contribution in [-0.2, 0) is 10.9 Å². The monoisotopic (exact) mass is 287 g/mol. The third-order valence-corrected chi connectivity index (χ3v) is 3.45. The lowest BCUT2D eigenvalue weighted by Crippen LogP contribution is -2.24. The molecule has 1 fully saturated rings. The van der Waals surface area contributed by atoms with E-state index in [1.54, 1.807) is 0 Å². The Morgan fingerprint density at radius 1 is 1.35 bits per heavy atom. The van der Waals surface area contributed by atoms with Gasteiger partial charge in [-0.25, -0.2) is 4.79 Å². The Balaban J connectivity index is 1.99. The van der Waals surface area contributed by atoms with Crippen LogP contribution in [0.3, 0.4) is 0 Å². The minimum atomic E-state index is -4.50. The number of hydrogen-bond donors (Lipinski definition) is 0. The van der Waals surface area contributed by atoms with Gasteiger partial charge in [0.15, 0.2) is 0 Å². The Hall–Kier alpha value is -1.59. The maximum Gasteiger partial charge on any atom is 0.433 e. The highest BCUT2D eigenvalue weighted by Crippen LogP contribution is 2.28.